The third-order valence-electron chi connectivity index (χ3n) is 5.06. The highest BCUT2D eigenvalue weighted by atomic mass is 16.2. The molecule has 0 saturated carbocycles. The van der Waals surface area contributed by atoms with Gasteiger partial charge < -0.3 is 15.2 Å². The number of benzene rings is 1. The number of aryl methyl sites for hydroxylation is 1. The number of nitrogens with zero attached hydrogens (tertiary/aromatic N) is 2. The van der Waals surface area contributed by atoms with Crippen LogP contribution in [0.25, 0.3) is 0 Å². The molecule has 1 fully saturated rings. The zero-order valence-electron chi connectivity index (χ0n) is 12.9. The second-order valence-corrected chi connectivity index (χ2v) is 6.25. The molecule has 0 atom stereocenters. The maximum atomic E-state index is 12.6. The Bertz CT molecular complexity index is 787. The van der Waals surface area contributed by atoms with E-state index in [-0.39, 0.29) is 11.8 Å². The monoisotopic (exact) mass is 310 g/mol. The lowest BCUT2D eigenvalue weighted by Crippen LogP contribution is -2.48. The van der Waals surface area contributed by atoms with E-state index in [1.807, 2.05) is 31.2 Å². The number of hydrogen-bond acceptors (Lipinski definition) is 3. The van der Waals surface area contributed by atoms with Gasteiger partial charge in [0.2, 0.25) is 5.91 Å². The van der Waals surface area contributed by atoms with Crippen LogP contribution in [0.3, 0.4) is 0 Å². The summed E-state index contributed by atoms with van der Waals surface area (Å²) in [6.07, 6.45) is 2.82. The molecule has 6 nitrogen and oxygen atoms in total. The SMILES string of the molecule is Cc1[nH]cnc1C(=O)N1CCC2(CC1)C(=O)Nc1ccccc12. The average Bonchev–Trinajstić information content (AvgIpc) is 3.11. The van der Waals surface area contributed by atoms with Crippen molar-refractivity contribution < 1.29 is 9.59 Å². The Labute approximate surface area is 133 Å². The normalized spacial score (nSPS) is 18.8. The Kier molecular flexibility index (Phi) is 3.01. The van der Waals surface area contributed by atoms with Crippen molar-refractivity contribution in [3.05, 3.63) is 47.5 Å². The molecule has 0 unspecified atom stereocenters. The summed E-state index contributed by atoms with van der Waals surface area (Å²) in [7, 11) is 0. The number of aromatic amines is 1. The summed E-state index contributed by atoms with van der Waals surface area (Å²) in [6.45, 7) is 2.96. The number of likely N-dealkylation sites (tertiary alicyclic amines) is 1. The van der Waals surface area contributed by atoms with E-state index in [1.165, 1.54) is 6.33 Å². The van der Waals surface area contributed by atoms with Crippen molar-refractivity contribution in [2.75, 3.05) is 18.4 Å². The predicted octanol–water partition coefficient (Wildman–Crippen LogP) is 1.84. The van der Waals surface area contributed by atoms with Crippen molar-refractivity contribution in [1.29, 1.82) is 0 Å². The number of hydrogen-bond donors (Lipinski definition) is 2. The van der Waals surface area contributed by atoms with E-state index in [0.29, 0.717) is 31.6 Å². The van der Waals surface area contributed by atoms with Crippen LogP contribution in [0.15, 0.2) is 30.6 Å². The first-order chi connectivity index (χ1) is 11.1. The summed E-state index contributed by atoms with van der Waals surface area (Å²) >= 11 is 0. The molecule has 1 aromatic heterocycles. The van der Waals surface area contributed by atoms with Gasteiger partial charge in [0, 0.05) is 24.5 Å². The molecule has 1 saturated heterocycles. The molecule has 2 amide bonds. The van der Waals surface area contributed by atoms with Crippen molar-refractivity contribution >= 4 is 17.5 Å². The lowest BCUT2D eigenvalue weighted by atomic mass is 9.73. The first-order valence-electron chi connectivity index (χ1n) is 7.82. The Hall–Kier alpha value is -2.63. The van der Waals surface area contributed by atoms with Crippen LogP contribution in [0, 0.1) is 6.92 Å². The number of nitrogens with one attached hydrogen (secondary N) is 2. The van der Waals surface area contributed by atoms with Crippen molar-refractivity contribution in [3.63, 3.8) is 0 Å². The number of rotatable bonds is 1. The largest absolute Gasteiger partial charge is 0.348 e. The van der Waals surface area contributed by atoms with Gasteiger partial charge in [0.1, 0.15) is 5.69 Å². The Morgan fingerprint density at radius 3 is 2.70 bits per heavy atom. The van der Waals surface area contributed by atoms with Gasteiger partial charge in [0.25, 0.3) is 5.91 Å². The molecule has 1 aromatic carbocycles. The lowest BCUT2D eigenvalue weighted by Gasteiger charge is -2.37. The predicted molar refractivity (Wildman–Crippen MR) is 85.2 cm³/mol. The summed E-state index contributed by atoms with van der Waals surface area (Å²) in [5.41, 5.74) is 2.72. The highest BCUT2D eigenvalue weighted by Gasteiger charge is 2.48. The van der Waals surface area contributed by atoms with E-state index in [9.17, 15) is 9.59 Å². The van der Waals surface area contributed by atoms with Gasteiger partial charge in [-0.1, -0.05) is 18.2 Å². The smallest absolute Gasteiger partial charge is 0.274 e. The minimum absolute atomic E-state index is 0.0572. The molecular formula is C17H18N4O2. The third kappa shape index (κ3) is 1.98. The fourth-order valence-electron chi connectivity index (χ4n) is 3.69. The molecule has 2 aliphatic heterocycles. The molecule has 118 valence electrons. The standard InChI is InChI=1S/C17H18N4O2/c1-11-14(19-10-18-11)15(22)21-8-6-17(7-9-21)12-4-2-3-5-13(12)20-16(17)23/h2-5,10H,6-9H2,1H3,(H,18,19)(H,20,23). The van der Waals surface area contributed by atoms with Gasteiger partial charge in [-0.2, -0.15) is 0 Å². The fourth-order valence-corrected chi connectivity index (χ4v) is 3.69. The zero-order valence-corrected chi connectivity index (χ0v) is 12.9. The van der Waals surface area contributed by atoms with E-state index < -0.39 is 5.41 Å². The van der Waals surface area contributed by atoms with Crippen molar-refractivity contribution in [2.45, 2.75) is 25.2 Å². The summed E-state index contributed by atoms with van der Waals surface area (Å²) < 4.78 is 0. The molecular weight excluding hydrogens is 292 g/mol. The lowest BCUT2D eigenvalue weighted by molar-refractivity contribution is -0.122. The van der Waals surface area contributed by atoms with Crippen LogP contribution in [0.1, 0.15) is 34.6 Å². The number of anilines is 1. The number of fused-ring (bicyclic) bond motifs is 2. The van der Waals surface area contributed by atoms with E-state index in [2.05, 4.69) is 15.3 Å². The van der Waals surface area contributed by atoms with Crippen LogP contribution in [-0.4, -0.2) is 39.8 Å². The number of para-hydroxylation sites is 1. The van der Waals surface area contributed by atoms with E-state index in [4.69, 9.17) is 0 Å². The molecule has 2 aliphatic rings. The molecule has 2 aromatic rings. The first kappa shape index (κ1) is 14.0. The second kappa shape index (κ2) is 4.94. The van der Waals surface area contributed by atoms with Gasteiger partial charge in [-0.25, -0.2) is 4.98 Å². The van der Waals surface area contributed by atoms with Crippen LogP contribution in [-0.2, 0) is 10.2 Å². The van der Waals surface area contributed by atoms with E-state index >= 15 is 0 Å². The second-order valence-electron chi connectivity index (χ2n) is 6.25. The summed E-state index contributed by atoms with van der Waals surface area (Å²) in [6, 6.07) is 7.85. The maximum absolute atomic E-state index is 12.6. The van der Waals surface area contributed by atoms with Gasteiger partial charge in [-0.05, 0) is 31.4 Å². The minimum atomic E-state index is -0.492. The first-order valence-corrected chi connectivity index (χ1v) is 7.82. The number of aromatic nitrogens is 2. The average molecular weight is 310 g/mol. The molecule has 0 aliphatic carbocycles. The van der Waals surface area contributed by atoms with E-state index in [1.54, 1.807) is 4.90 Å². The van der Waals surface area contributed by atoms with Gasteiger partial charge in [0.15, 0.2) is 0 Å². The van der Waals surface area contributed by atoms with E-state index in [0.717, 1.165) is 16.9 Å². The molecule has 6 heteroatoms. The van der Waals surface area contributed by atoms with Crippen molar-refractivity contribution in [2.24, 2.45) is 0 Å². The highest BCUT2D eigenvalue weighted by Crippen LogP contribution is 2.44. The molecule has 3 heterocycles. The van der Waals surface area contributed by atoms with Crippen molar-refractivity contribution in [1.82, 2.24) is 14.9 Å². The Balaban J connectivity index is 1.57. The number of amides is 2. The highest BCUT2D eigenvalue weighted by molar-refractivity contribution is 6.06. The number of H-pyrrole nitrogens is 1. The van der Waals surface area contributed by atoms with Gasteiger partial charge in [-0.15, -0.1) is 0 Å². The molecule has 1 spiro atoms. The molecule has 4 rings (SSSR count). The number of piperidine rings is 1. The van der Waals surface area contributed by atoms with Crippen LogP contribution in [0.2, 0.25) is 0 Å². The molecule has 23 heavy (non-hydrogen) atoms. The van der Waals surface area contributed by atoms with Gasteiger partial charge in [-0.3, -0.25) is 9.59 Å². The zero-order chi connectivity index (χ0) is 16.0. The van der Waals surface area contributed by atoms with Crippen LogP contribution >= 0.6 is 0 Å². The number of imidazole rings is 1. The Morgan fingerprint density at radius 1 is 1.26 bits per heavy atom. The Morgan fingerprint density at radius 2 is 2.00 bits per heavy atom. The summed E-state index contributed by atoms with van der Waals surface area (Å²) in [4.78, 5) is 33.9. The molecule has 2 N–H and O–H groups in total. The summed E-state index contributed by atoms with van der Waals surface area (Å²) in [5.74, 6) is -0.00737. The molecule has 0 radical (unpaired) electrons. The van der Waals surface area contributed by atoms with Crippen LogP contribution < -0.4 is 5.32 Å². The van der Waals surface area contributed by atoms with Gasteiger partial charge >= 0.3 is 0 Å². The van der Waals surface area contributed by atoms with Crippen LogP contribution in [0.4, 0.5) is 5.69 Å². The van der Waals surface area contributed by atoms with Crippen molar-refractivity contribution in [3.8, 4) is 0 Å². The van der Waals surface area contributed by atoms with Gasteiger partial charge in [0.05, 0.1) is 11.7 Å². The summed E-state index contributed by atoms with van der Waals surface area (Å²) in [5, 5.41) is 2.98. The third-order valence-corrected chi connectivity index (χ3v) is 5.06. The van der Waals surface area contributed by atoms with Crippen LogP contribution in [0.5, 0.6) is 0 Å². The maximum Gasteiger partial charge on any atom is 0.274 e. The molecule has 0 bridgehead atoms. The fraction of sp³-hybridized carbons (Fsp3) is 0.353. The minimum Gasteiger partial charge on any atom is -0.348 e. The number of carbonyl (C=O) groups excluding carboxylic acids is 2. The number of carbonyl (C=O) groups is 2. The topological polar surface area (TPSA) is 78.1 Å². The quantitative estimate of drug-likeness (QED) is 0.843.